The van der Waals surface area contributed by atoms with Crippen LogP contribution in [0.5, 0.6) is 0 Å². The molecule has 0 saturated heterocycles. The molecule has 0 aliphatic heterocycles. The number of hydrogen-bond donors (Lipinski definition) is 0. The highest BCUT2D eigenvalue weighted by molar-refractivity contribution is 9.10. The van der Waals surface area contributed by atoms with Crippen molar-refractivity contribution in [3.05, 3.63) is 39.4 Å². The third-order valence-corrected chi connectivity index (χ3v) is 3.22. The van der Waals surface area contributed by atoms with Crippen molar-refractivity contribution in [2.24, 2.45) is 0 Å². The molecule has 0 N–H and O–H groups in total. The zero-order chi connectivity index (χ0) is 11.5. The van der Waals surface area contributed by atoms with Crippen molar-refractivity contribution in [3.8, 4) is 0 Å². The summed E-state index contributed by atoms with van der Waals surface area (Å²) in [5, 5.41) is 1.72. The number of halogens is 1. The van der Waals surface area contributed by atoms with E-state index in [1.807, 2.05) is 6.07 Å². The number of rotatable bonds is 2. The van der Waals surface area contributed by atoms with Gasteiger partial charge in [-0.25, -0.2) is 9.97 Å². The van der Waals surface area contributed by atoms with E-state index >= 15 is 0 Å². The van der Waals surface area contributed by atoms with Crippen molar-refractivity contribution >= 4 is 39.0 Å². The first-order valence-electron chi connectivity index (χ1n) is 4.47. The molecule has 0 aliphatic rings. The molecular weight excluding hydrogens is 290 g/mol. The molecule has 0 atom stereocenters. The maximum Gasteiger partial charge on any atom is 0.278 e. The molecule has 16 heavy (non-hydrogen) atoms. The summed E-state index contributed by atoms with van der Waals surface area (Å²) in [5.74, 6) is 0.418. The third-order valence-electron chi connectivity index (χ3n) is 2.01. The van der Waals surface area contributed by atoms with Crippen molar-refractivity contribution < 1.29 is 4.79 Å². The number of amides is 1. The molecule has 2 rings (SSSR count). The third kappa shape index (κ3) is 2.12. The van der Waals surface area contributed by atoms with Crippen LogP contribution in [-0.2, 0) is 0 Å². The summed E-state index contributed by atoms with van der Waals surface area (Å²) in [6.07, 6.45) is 1.64. The van der Waals surface area contributed by atoms with Crippen LogP contribution in [0.2, 0.25) is 0 Å². The average Bonchev–Trinajstić information content (AvgIpc) is 2.81. The number of aromatic nitrogens is 2. The molecule has 2 heterocycles. The Hall–Kier alpha value is -1.27. The Morgan fingerprint density at radius 3 is 2.94 bits per heavy atom. The highest BCUT2D eigenvalue weighted by Crippen LogP contribution is 2.23. The zero-order valence-corrected chi connectivity index (χ0v) is 10.8. The van der Waals surface area contributed by atoms with Crippen LogP contribution in [0.3, 0.4) is 0 Å². The van der Waals surface area contributed by atoms with E-state index in [0.29, 0.717) is 11.5 Å². The van der Waals surface area contributed by atoms with Gasteiger partial charge in [-0.2, -0.15) is 0 Å². The molecule has 0 radical (unpaired) electrons. The molecular formula is C10H8BrN3OS. The second-order valence-electron chi connectivity index (χ2n) is 3.05. The van der Waals surface area contributed by atoms with E-state index in [0.717, 1.165) is 4.47 Å². The second kappa shape index (κ2) is 4.71. The molecule has 0 aromatic carbocycles. The van der Waals surface area contributed by atoms with E-state index in [4.69, 9.17) is 0 Å². The lowest BCUT2D eigenvalue weighted by atomic mass is 10.4. The molecule has 6 heteroatoms. The molecule has 82 valence electrons. The SMILES string of the molecule is CN(C(=O)c1cscn1)c1ncccc1Br. The summed E-state index contributed by atoms with van der Waals surface area (Å²) < 4.78 is 0.779. The maximum absolute atomic E-state index is 12.0. The first kappa shape index (κ1) is 11.2. The zero-order valence-electron chi connectivity index (χ0n) is 8.42. The summed E-state index contributed by atoms with van der Waals surface area (Å²) >= 11 is 4.75. The lowest BCUT2D eigenvalue weighted by molar-refractivity contribution is 0.0988. The van der Waals surface area contributed by atoms with Crippen molar-refractivity contribution in [2.75, 3.05) is 11.9 Å². The van der Waals surface area contributed by atoms with Gasteiger partial charge in [-0.3, -0.25) is 9.69 Å². The Morgan fingerprint density at radius 2 is 2.31 bits per heavy atom. The van der Waals surface area contributed by atoms with Gasteiger partial charge in [-0.05, 0) is 28.1 Å². The van der Waals surface area contributed by atoms with Crippen LogP contribution in [0.25, 0.3) is 0 Å². The quantitative estimate of drug-likeness (QED) is 0.856. The van der Waals surface area contributed by atoms with E-state index in [1.54, 1.807) is 30.2 Å². The van der Waals surface area contributed by atoms with Crippen LogP contribution in [0.4, 0.5) is 5.82 Å². The summed E-state index contributed by atoms with van der Waals surface area (Å²) in [5.41, 5.74) is 2.07. The van der Waals surface area contributed by atoms with Gasteiger partial charge in [0.25, 0.3) is 5.91 Å². The normalized spacial score (nSPS) is 10.1. The number of thiazole rings is 1. The number of anilines is 1. The van der Waals surface area contributed by atoms with Crippen LogP contribution >= 0.6 is 27.3 Å². The van der Waals surface area contributed by atoms with Crippen LogP contribution < -0.4 is 4.90 Å². The first-order chi connectivity index (χ1) is 7.70. The monoisotopic (exact) mass is 297 g/mol. The summed E-state index contributed by atoms with van der Waals surface area (Å²) in [7, 11) is 1.68. The van der Waals surface area contributed by atoms with Crippen molar-refractivity contribution in [2.45, 2.75) is 0 Å². The van der Waals surface area contributed by atoms with E-state index < -0.39 is 0 Å². The van der Waals surface area contributed by atoms with Gasteiger partial charge in [0.1, 0.15) is 11.5 Å². The van der Waals surface area contributed by atoms with Gasteiger partial charge in [0.05, 0.1) is 9.98 Å². The standard InChI is InChI=1S/C10H8BrN3OS/c1-14(9-7(11)3-2-4-12-9)10(15)8-5-16-6-13-8/h2-6H,1H3. The number of nitrogens with zero attached hydrogens (tertiary/aromatic N) is 3. The highest BCUT2D eigenvalue weighted by atomic mass is 79.9. The Labute approximate surface area is 105 Å². The Balaban J connectivity index is 2.30. The Morgan fingerprint density at radius 1 is 1.50 bits per heavy atom. The number of carbonyl (C=O) groups is 1. The molecule has 0 aliphatic carbocycles. The van der Waals surface area contributed by atoms with Gasteiger partial charge in [0, 0.05) is 18.6 Å². The lowest BCUT2D eigenvalue weighted by Gasteiger charge is -2.15. The Bertz CT molecular complexity index is 501. The maximum atomic E-state index is 12.0. The molecule has 0 unspecified atom stereocenters. The molecule has 2 aromatic rings. The van der Waals surface area contributed by atoms with Crippen LogP contribution in [-0.4, -0.2) is 22.9 Å². The van der Waals surface area contributed by atoms with Crippen molar-refractivity contribution in [1.82, 2.24) is 9.97 Å². The summed E-state index contributed by atoms with van der Waals surface area (Å²) in [6, 6.07) is 3.64. The summed E-state index contributed by atoms with van der Waals surface area (Å²) in [6.45, 7) is 0. The van der Waals surface area contributed by atoms with Crippen LogP contribution in [0, 0.1) is 0 Å². The van der Waals surface area contributed by atoms with Crippen LogP contribution in [0.1, 0.15) is 10.5 Å². The smallest absolute Gasteiger partial charge is 0.278 e. The second-order valence-corrected chi connectivity index (χ2v) is 4.62. The van der Waals surface area contributed by atoms with Gasteiger partial charge >= 0.3 is 0 Å². The van der Waals surface area contributed by atoms with Gasteiger partial charge in [-0.15, -0.1) is 11.3 Å². The van der Waals surface area contributed by atoms with E-state index in [9.17, 15) is 4.79 Å². The van der Waals surface area contributed by atoms with Gasteiger partial charge in [0.2, 0.25) is 0 Å². The van der Waals surface area contributed by atoms with E-state index in [-0.39, 0.29) is 5.91 Å². The predicted molar refractivity (Wildman–Crippen MR) is 66.8 cm³/mol. The fourth-order valence-corrected chi connectivity index (χ4v) is 2.26. The van der Waals surface area contributed by atoms with Gasteiger partial charge in [-0.1, -0.05) is 0 Å². The highest BCUT2D eigenvalue weighted by Gasteiger charge is 2.17. The minimum absolute atomic E-state index is 0.166. The topological polar surface area (TPSA) is 46.1 Å². The molecule has 0 fully saturated rings. The van der Waals surface area contributed by atoms with Crippen LogP contribution in [0.15, 0.2) is 33.7 Å². The number of hydrogen-bond acceptors (Lipinski definition) is 4. The molecule has 1 amide bonds. The first-order valence-corrected chi connectivity index (χ1v) is 6.20. The molecule has 2 aromatic heterocycles. The van der Waals surface area contributed by atoms with Crippen molar-refractivity contribution in [1.29, 1.82) is 0 Å². The molecule has 4 nitrogen and oxygen atoms in total. The average molecular weight is 298 g/mol. The van der Waals surface area contributed by atoms with E-state index in [2.05, 4.69) is 25.9 Å². The minimum atomic E-state index is -0.166. The fourth-order valence-electron chi connectivity index (χ4n) is 1.21. The molecule has 0 spiro atoms. The van der Waals surface area contributed by atoms with E-state index in [1.165, 1.54) is 16.2 Å². The fraction of sp³-hybridized carbons (Fsp3) is 0.100. The molecule has 0 bridgehead atoms. The molecule has 0 saturated carbocycles. The van der Waals surface area contributed by atoms with Gasteiger partial charge in [0.15, 0.2) is 0 Å². The number of carbonyl (C=O) groups excluding carboxylic acids is 1. The largest absolute Gasteiger partial charge is 0.294 e. The number of pyridine rings is 1. The summed E-state index contributed by atoms with van der Waals surface area (Å²) in [4.78, 5) is 21.6. The Kier molecular flexibility index (Phi) is 3.31. The predicted octanol–water partition coefficient (Wildman–Crippen LogP) is 2.58. The minimum Gasteiger partial charge on any atom is -0.294 e. The lowest BCUT2D eigenvalue weighted by Crippen LogP contribution is -2.27. The van der Waals surface area contributed by atoms with Gasteiger partial charge < -0.3 is 0 Å². The van der Waals surface area contributed by atoms with Crippen molar-refractivity contribution in [3.63, 3.8) is 0 Å².